The van der Waals surface area contributed by atoms with Crippen LogP contribution in [0.3, 0.4) is 0 Å². The topological polar surface area (TPSA) is 85.4 Å². The van der Waals surface area contributed by atoms with Crippen LogP contribution in [0.5, 0.6) is 5.75 Å². The molecule has 2 aliphatic heterocycles. The van der Waals surface area contributed by atoms with Gasteiger partial charge in [-0.3, -0.25) is 9.59 Å². The summed E-state index contributed by atoms with van der Waals surface area (Å²) in [6, 6.07) is 16.1. The number of likely N-dealkylation sites (N-methyl/N-ethyl adjacent to an activating group) is 1. The molecule has 2 saturated heterocycles. The average Bonchev–Trinajstić information content (AvgIpc) is 2.87. The number of piperazine rings is 1. The van der Waals surface area contributed by atoms with Gasteiger partial charge in [0.2, 0.25) is 11.8 Å². The molecule has 0 aliphatic carbocycles. The predicted octanol–water partition coefficient (Wildman–Crippen LogP) is 2.85. The summed E-state index contributed by atoms with van der Waals surface area (Å²) in [5.41, 5.74) is 1.93. The number of carbonyl (C=O) groups is 3. The molecule has 9 nitrogen and oxygen atoms in total. The van der Waals surface area contributed by atoms with E-state index in [1.54, 1.807) is 34.0 Å². The van der Waals surface area contributed by atoms with E-state index in [0.717, 1.165) is 16.9 Å². The summed E-state index contributed by atoms with van der Waals surface area (Å²) in [5, 5.41) is 6.20. The number of hydrogen-bond acceptors (Lipinski definition) is 5. The molecule has 0 spiro atoms. The number of ether oxygens (including phenoxy) is 1. The van der Waals surface area contributed by atoms with Gasteiger partial charge < -0.3 is 19.9 Å². The Bertz CT molecular complexity index is 1090. The number of nitrogens with zero attached hydrogens (tertiary/aromatic N) is 4. The molecule has 0 bridgehead atoms. The number of rotatable bonds is 6. The quantitative estimate of drug-likeness (QED) is 0.669. The third-order valence-electron chi connectivity index (χ3n) is 7.01. The van der Waals surface area contributed by atoms with Crippen LogP contribution in [0.1, 0.15) is 37.9 Å². The SMILES string of the molecule is COc1ccc(CNC(=O)N2[C@H]3CN([C@H](C)c4ccccc4)C(=O)[C@H](C(C)C)N3C(=O)CN2C)cc1. The molecule has 2 aromatic carbocycles. The first kappa shape index (κ1) is 25.5. The van der Waals surface area contributed by atoms with Crippen molar-refractivity contribution < 1.29 is 19.1 Å². The highest BCUT2D eigenvalue weighted by molar-refractivity contribution is 5.91. The summed E-state index contributed by atoms with van der Waals surface area (Å²) in [7, 11) is 3.34. The normalized spacial score (nSPS) is 21.4. The van der Waals surface area contributed by atoms with Crippen molar-refractivity contribution >= 4 is 17.8 Å². The van der Waals surface area contributed by atoms with Crippen molar-refractivity contribution in [2.45, 2.75) is 45.6 Å². The molecule has 2 fully saturated rings. The predicted molar refractivity (Wildman–Crippen MR) is 136 cm³/mol. The van der Waals surface area contributed by atoms with Gasteiger partial charge in [-0.1, -0.05) is 56.3 Å². The molecule has 0 radical (unpaired) electrons. The third kappa shape index (κ3) is 4.88. The molecule has 4 amide bonds. The molecule has 0 saturated carbocycles. The maximum Gasteiger partial charge on any atom is 0.334 e. The fourth-order valence-electron chi connectivity index (χ4n) is 5.09. The van der Waals surface area contributed by atoms with Crippen molar-refractivity contribution in [2.24, 2.45) is 5.92 Å². The van der Waals surface area contributed by atoms with E-state index in [1.807, 2.05) is 75.4 Å². The van der Waals surface area contributed by atoms with E-state index in [2.05, 4.69) is 5.32 Å². The lowest BCUT2D eigenvalue weighted by molar-refractivity contribution is -0.192. The first-order chi connectivity index (χ1) is 17.2. The summed E-state index contributed by atoms with van der Waals surface area (Å²) < 4.78 is 5.20. The van der Waals surface area contributed by atoms with E-state index in [0.29, 0.717) is 6.54 Å². The number of fused-ring (bicyclic) bond motifs is 1. The minimum absolute atomic E-state index is 0.0250. The van der Waals surface area contributed by atoms with Crippen LogP contribution in [0.2, 0.25) is 0 Å². The van der Waals surface area contributed by atoms with Gasteiger partial charge in [-0.25, -0.2) is 14.8 Å². The lowest BCUT2D eigenvalue weighted by Gasteiger charge is -2.56. The van der Waals surface area contributed by atoms with Gasteiger partial charge in [0.25, 0.3) is 0 Å². The van der Waals surface area contributed by atoms with Crippen molar-refractivity contribution in [3.8, 4) is 5.75 Å². The van der Waals surface area contributed by atoms with Gasteiger partial charge in [0.15, 0.2) is 0 Å². The van der Waals surface area contributed by atoms with Crippen LogP contribution in [0.15, 0.2) is 54.6 Å². The second kappa shape index (κ2) is 10.6. The molecule has 1 N–H and O–H groups in total. The Morgan fingerprint density at radius 2 is 1.72 bits per heavy atom. The first-order valence-electron chi connectivity index (χ1n) is 12.3. The molecular weight excluding hydrogens is 458 g/mol. The molecule has 0 aromatic heterocycles. The number of hydrogen-bond donors (Lipinski definition) is 1. The Morgan fingerprint density at radius 1 is 1.06 bits per heavy atom. The zero-order chi connectivity index (χ0) is 26.0. The number of carbonyl (C=O) groups excluding carboxylic acids is 3. The van der Waals surface area contributed by atoms with Gasteiger partial charge >= 0.3 is 6.03 Å². The average molecular weight is 494 g/mol. The van der Waals surface area contributed by atoms with Crippen LogP contribution >= 0.6 is 0 Å². The maximum absolute atomic E-state index is 13.7. The zero-order valence-electron chi connectivity index (χ0n) is 21.5. The van der Waals surface area contributed by atoms with E-state index in [-0.39, 0.29) is 42.9 Å². The summed E-state index contributed by atoms with van der Waals surface area (Å²) in [6.45, 7) is 6.45. The zero-order valence-corrected chi connectivity index (χ0v) is 21.5. The van der Waals surface area contributed by atoms with Crippen LogP contribution < -0.4 is 10.1 Å². The van der Waals surface area contributed by atoms with Gasteiger partial charge in [0.1, 0.15) is 18.0 Å². The van der Waals surface area contributed by atoms with Gasteiger partial charge in [0.05, 0.1) is 26.2 Å². The molecule has 36 heavy (non-hydrogen) atoms. The molecule has 192 valence electrons. The monoisotopic (exact) mass is 493 g/mol. The van der Waals surface area contributed by atoms with E-state index in [9.17, 15) is 14.4 Å². The molecule has 0 unspecified atom stereocenters. The minimum atomic E-state index is -0.645. The van der Waals surface area contributed by atoms with Crippen molar-refractivity contribution in [3.63, 3.8) is 0 Å². The molecule has 2 aromatic rings. The maximum atomic E-state index is 13.7. The number of amides is 4. The first-order valence-corrected chi connectivity index (χ1v) is 12.3. The van der Waals surface area contributed by atoms with E-state index in [1.165, 1.54) is 0 Å². The number of nitrogens with one attached hydrogen (secondary N) is 1. The fourth-order valence-corrected chi connectivity index (χ4v) is 5.09. The second-order valence-electron chi connectivity index (χ2n) is 9.71. The summed E-state index contributed by atoms with van der Waals surface area (Å²) in [4.78, 5) is 43.8. The fraction of sp³-hybridized carbons (Fsp3) is 0.444. The highest BCUT2D eigenvalue weighted by atomic mass is 16.5. The van der Waals surface area contributed by atoms with Gasteiger partial charge in [0, 0.05) is 13.6 Å². The van der Waals surface area contributed by atoms with Crippen LogP contribution in [-0.4, -0.2) is 77.1 Å². The van der Waals surface area contributed by atoms with Crippen LogP contribution in [0.25, 0.3) is 0 Å². The lowest BCUT2D eigenvalue weighted by atomic mass is 9.94. The van der Waals surface area contributed by atoms with Crippen molar-refractivity contribution in [1.82, 2.24) is 25.1 Å². The molecule has 2 aliphatic rings. The Balaban J connectivity index is 1.61. The Hall–Kier alpha value is -3.59. The van der Waals surface area contributed by atoms with E-state index < -0.39 is 12.2 Å². The lowest BCUT2D eigenvalue weighted by Crippen LogP contribution is -2.76. The summed E-state index contributed by atoms with van der Waals surface area (Å²) >= 11 is 0. The highest BCUT2D eigenvalue weighted by Gasteiger charge is 2.52. The molecular formula is C27H35N5O4. The number of hydrazine groups is 1. The van der Waals surface area contributed by atoms with E-state index >= 15 is 0 Å². The summed E-state index contributed by atoms with van der Waals surface area (Å²) in [5.74, 6) is 0.395. The smallest absolute Gasteiger partial charge is 0.334 e. The minimum Gasteiger partial charge on any atom is -0.497 e. The van der Waals surface area contributed by atoms with Gasteiger partial charge in [-0.15, -0.1) is 0 Å². The summed E-state index contributed by atoms with van der Waals surface area (Å²) in [6.07, 6.45) is -0.608. The molecule has 2 heterocycles. The highest BCUT2D eigenvalue weighted by Crippen LogP contribution is 2.33. The molecule has 3 atom stereocenters. The largest absolute Gasteiger partial charge is 0.497 e. The number of methoxy groups -OCH3 is 1. The molecule has 9 heteroatoms. The molecule has 4 rings (SSSR count). The van der Waals surface area contributed by atoms with Gasteiger partial charge in [-0.2, -0.15) is 0 Å². The van der Waals surface area contributed by atoms with Crippen molar-refractivity contribution in [1.29, 1.82) is 0 Å². The Labute approximate surface area is 212 Å². The Morgan fingerprint density at radius 3 is 2.33 bits per heavy atom. The van der Waals surface area contributed by atoms with Crippen molar-refractivity contribution in [2.75, 3.05) is 27.2 Å². The standard InChI is InChI=1S/C27H35N5O4/c1-18(2)25-26(34)30(19(3)21-9-7-6-8-10-21)16-23-31(25)24(33)17-29(4)32(23)27(35)28-15-20-11-13-22(36-5)14-12-20/h6-14,18-19,23,25H,15-17H2,1-5H3,(H,28,35)/t19-,23+,25+/m1/s1. The van der Waals surface area contributed by atoms with Crippen LogP contribution in [-0.2, 0) is 16.1 Å². The van der Waals surface area contributed by atoms with Crippen LogP contribution in [0.4, 0.5) is 4.79 Å². The van der Waals surface area contributed by atoms with E-state index in [4.69, 9.17) is 4.74 Å². The van der Waals surface area contributed by atoms with Gasteiger partial charge in [-0.05, 0) is 36.1 Å². The third-order valence-corrected chi connectivity index (χ3v) is 7.01. The Kier molecular flexibility index (Phi) is 7.49. The number of urea groups is 1. The van der Waals surface area contributed by atoms with Crippen molar-refractivity contribution in [3.05, 3.63) is 65.7 Å². The second-order valence-corrected chi connectivity index (χ2v) is 9.71. The number of benzene rings is 2. The van der Waals surface area contributed by atoms with Crippen LogP contribution in [0, 0.1) is 5.92 Å².